The molecule has 0 aliphatic heterocycles. The quantitative estimate of drug-likeness (QED) is 0.647. The molecule has 0 unspecified atom stereocenters. The van der Waals surface area contributed by atoms with Gasteiger partial charge in [0.25, 0.3) is 0 Å². The van der Waals surface area contributed by atoms with E-state index in [0.29, 0.717) is 16.7 Å². The van der Waals surface area contributed by atoms with Gasteiger partial charge in [-0.05, 0) is 48.9 Å². The van der Waals surface area contributed by atoms with E-state index in [1.54, 1.807) is 24.3 Å². The molecule has 27 heavy (non-hydrogen) atoms. The molecule has 0 radical (unpaired) electrons. The van der Waals surface area contributed by atoms with Crippen LogP contribution in [0.1, 0.15) is 18.4 Å². The Labute approximate surface area is 174 Å². The van der Waals surface area contributed by atoms with Gasteiger partial charge in [-0.1, -0.05) is 47.6 Å². The van der Waals surface area contributed by atoms with Gasteiger partial charge in [0.15, 0.2) is 9.84 Å². The van der Waals surface area contributed by atoms with Gasteiger partial charge in [-0.3, -0.25) is 0 Å². The van der Waals surface area contributed by atoms with Crippen LogP contribution < -0.4 is 5.73 Å². The van der Waals surface area contributed by atoms with Gasteiger partial charge in [-0.25, -0.2) is 8.42 Å². The fraction of sp³-hybridized carbons (Fsp3) is 0.316. The second-order valence-electron chi connectivity index (χ2n) is 6.49. The van der Waals surface area contributed by atoms with Crippen molar-refractivity contribution >= 4 is 50.2 Å². The second-order valence-corrected chi connectivity index (χ2v) is 9.87. The normalized spacial score (nSPS) is 24.6. The Bertz CT molecular complexity index is 946. The van der Waals surface area contributed by atoms with Crippen LogP contribution in [0.2, 0.25) is 10.0 Å². The zero-order valence-corrected chi connectivity index (χ0v) is 17.7. The lowest BCUT2D eigenvalue weighted by molar-refractivity contribution is 0.121. The molecule has 2 aromatic rings. The molecular weight excluding hydrogens is 425 g/mol. The Morgan fingerprint density at radius 1 is 1.11 bits per heavy atom. The SMILES string of the molecule is CCOC[C@@]1(C(N)=S)[C@H](S(=O)(=O)c2ccc(Cl)cc2)[C@@H]1c1ccc(Cl)cc1. The van der Waals surface area contributed by atoms with Crippen molar-refractivity contribution in [2.24, 2.45) is 11.1 Å². The standard InChI is InChI=1S/C19H19Cl2NO3S2/c1-2-25-11-19(18(22)26)16(12-3-5-13(20)6-4-12)17(19)27(23,24)15-9-7-14(21)8-10-15/h3-10,16-17H,2,11H2,1H3,(H2,22,26)/t16-,17+,19-/m0/s1. The molecule has 3 rings (SSSR count). The van der Waals surface area contributed by atoms with Crippen LogP contribution in [0.4, 0.5) is 0 Å². The molecule has 4 nitrogen and oxygen atoms in total. The number of rotatable bonds is 7. The van der Waals surface area contributed by atoms with Crippen LogP contribution in [-0.4, -0.2) is 31.9 Å². The Kier molecular flexibility index (Phi) is 5.85. The number of hydrogen-bond donors (Lipinski definition) is 1. The van der Waals surface area contributed by atoms with Crippen LogP contribution in [0.3, 0.4) is 0 Å². The first-order chi connectivity index (χ1) is 12.7. The highest BCUT2D eigenvalue weighted by atomic mass is 35.5. The van der Waals surface area contributed by atoms with Gasteiger partial charge in [0.2, 0.25) is 0 Å². The van der Waals surface area contributed by atoms with Crippen molar-refractivity contribution in [2.75, 3.05) is 13.2 Å². The molecule has 144 valence electrons. The maximum atomic E-state index is 13.4. The smallest absolute Gasteiger partial charge is 0.182 e. The third-order valence-corrected chi connectivity index (χ3v) is 8.14. The minimum absolute atomic E-state index is 0.137. The molecular formula is C19H19Cl2NO3S2. The van der Waals surface area contributed by atoms with E-state index < -0.39 is 26.4 Å². The van der Waals surface area contributed by atoms with Crippen molar-refractivity contribution in [2.45, 2.75) is 23.0 Å². The fourth-order valence-corrected chi connectivity index (χ4v) is 6.60. The fourth-order valence-electron chi connectivity index (χ4n) is 3.58. The summed E-state index contributed by atoms with van der Waals surface area (Å²) in [4.78, 5) is 0.323. The van der Waals surface area contributed by atoms with E-state index in [9.17, 15) is 8.42 Å². The van der Waals surface area contributed by atoms with Crippen LogP contribution in [0.15, 0.2) is 53.4 Å². The van der Waals surface area contributed by atoms with E-state index in [0.717, 1.165) is 5.56 Å². The number of thiocarbonyl (C=S) groups is 1. The molecule has 8 heteroatoms. The number of halogens is 2. The molecule has 0 saturated heterocycles. The highest BCUT2D eigenvalue weighted by Crippen LogP contribution is 2.64. The highest BCUT2D eigenvalue weighted by molar-refractivity contribution is 7.92. The molecule has 0 amide bonds. The third kappa shape index (κ3) is 3.61. The lowest BCUT2D eigenvalue weighted by Crippen LogP contribution is -2.33. The summed E-state index contributed by atoms with van der Waals surface area (Å²) in [6.45, 7) is 2.42. The molecule has 3 atom stereocenters. The molecule has 1 saturated carbocycles. The van der Waals surface area contributed by atoms with Crippen LogP contribution in [0, 0.1) is 5.41 Å². The van der Waals surface area contributed by atoms with Crippen molar-refractivity contribution < 1.29 is 13.2 Å². The van der Waals surface area contributed by atoms with Gasteiger partial charge in [0, 0.05) is 22.6 Å². The van der Waals surface area contributed by atoms with E-state index in [2.05, 4.69) is 0 Å². The van der Waals surface area contributed by atoms with Gasteiger partial charge in [0.05, 0.1) is 27.2 Å². The topological polar surface area (TPSA) is 69.4 Å². The predicted octanol–water partition coefficient (Wildman–Crippen LogP) is 4.24. The van der Waals surface area contributed by atoms with Gasteiger partial charge in [-0.2, -0.15) is 0 Å². The molecule has 1 fully saturated rings. The zero-order valence-electron chi connectivity index (χ0n) is 14.6. The van der Waals surface area contributed by atoms with Crippen molar-refractivity contribution in [1.29, 1.82) is 0 Å². The molecule has 0 heterocycles. The monoisotopic (exact) mass is 443 g/mol. The number of nitrogens with two attached hydrogens (primary N) is 1. The summed E-state index contributed by atoms with van der Waals surface area (Å²) in [6, 6.07) is 13.2. The number of ether oxygens (including phenoxy) is 1. The first kappa shape index (κ1) is 20.6. The maximum Gasteiger partial charge on any atom is 0.182 e. The van der Waals surface area contributed by atoms with Crippen LogP contribution >= 0.6 is 35.4 Å². The summed E-state index contributed by atoms with van der Waals surface area (Å²) in [7, 11) is -3.71. The van der Waals surface area contributed by atoms with E-state index in [4.69, 9.17) is 45.9 Å². The van der Waals surface area contributed by atoms with Crippen LogP contribution in [-0.2, 0) is 14.6 Å². The molecule has 0 aromatic heterocycles. The second kappa shape index (κ2) is 7.68. The van der Waals surface area contributed by atoms with Gasteiger partial charge >= 0.3 is 0 Å². The molecule has 1 aliphatic rings. The van der Waals surface area contributed by atoms with Gasteiger partial charge in [-0.15, -0.1) is 0 Å². The number of sulfone groups is 1. The Hall–Kier alpha value is -1.18. The van der Waals surface area contributed by atoms with Crippen LogP contribution in [0.5, 0.6) is 0 Å². The summed E-state index contributed by atoms with van der Waals surface area (Å²) in [5.41, 5.74) is 5.91. The summed E-state index contributed by atoms with van der Waals surface area (Å²) in [5.74, 6) is -0.403. The molecule has 1 aliphatic carbocycles. The summed E-state index contributed by atoms with van der Waals surface area (Å²) in [5, 5.41) is 0.229. The summed E-state index contributed by atoms with van der Waals surface area (Å²) in [6.07, 6.45) is 0. The summed E-state index contributed by atoms with van der Waals surface area (Å²) >= 11 is 17.2. The average molecular weight is 444 g/mol. The lowest BCUT2D eigenvalue weighted by atomic mass is 10.00. The van der Waals surface area contributed by atoms with Gasteiger partial charge < -0.3 is 10.5 Å². The number of benzene rings is 2. The Morgan fingerprint density at radius 3 is 2.11 bits per heavy atom. The minimum atomic E-state index is -3.71. The maximum absolute atomic E-state index is 13.4. The minimum Gasteiger partial charge on any atom is -0.393 e. The lowest BCUT2D eigenvalue weighted by Gasteiger charge is -2.17. The Morgan fingerprint density at radius 2 is 1.63 bits per heavy atom. The number of hydrogen-bond acceptors (Lipinski definition) is 4. The van der Waals surface area contributed by atoms with E-state index in [-0.39, 0.29) is 16.5 Å². The predicted molar refractivity (Wildman–Crippen MR) is 112 cm³/mol. The van der Waals surface area contributed by atoms with Crippen molar-refractivity contribution in [3.63, 3.8) is 0 Å². The zero-order chi connectivity index (χ0) is 19.8. The van der Waals surface area contributed by atoms with Gasteiger partial charge in [0.1, 0.15) is 0 Å². The highest BCUT2D eigenvalue weighted by Gasteiger charge is 2.73. The molecule has 0 bridgehead atoms. The Balaban J connectivity index is 2.10. The first-order valence-electron chi connectivity index (χ1n) is 8.37. The summed E-state index contributed by atoms with van der Waals surface area (Å²) < 4.78 is 32.4. The molecule has 2 N–H and O–H groups in total. The van der Waals surface area contributed by atoms with Crippen molar-refractivity contribution in [3.8, 4) is 0 Å². The van der Waals surface area contributed by atoms with Crippen molar-refractivity contribution in [3.05, 3.63) is 64.1 Å². The average Bonchev–Trinajstić information content (AvgIpc) is 3.32. The van der Waals surface area contributed by atoms with E-state index in [1.807, 2.05) is 19.1 Å². The molecule has 2 aromatic carbocycles. The molecule has 0 spiro atoms. The first-order valence-corrected chi connectivity index (χ1v) is 11.1. The van der Waals surface area contributed by atoms with E-state index in [1.165, 1.54) is 12.1 Å². The largest absolute Gasteiger partial charge is 0.393 e. The van der Waals surface area contributed by atoms with E-state index >= 15 is 0 Å². The van der Waals surface area contributed by atoms with Crippen LogP contribution in [0.25, 0.3) is 0 Å². The van der Waals surface area contributed by atoms with Crippen molar-refractivity contribution in [1.82, 2.24) is 0 Å². The third-order valence-electron chi connectivity index (χ3n) is 4.97.